The summed E-state index contributed by atoms with van der Waals surface area (Å²) in [5.41, 5.74) is 0. The maximum absolute atomic E-state index is 11.1. The molecule has 0 fully saturated rings. The summed E-state index contributed by atoms with van der Waals surface area (Å²) >= 11 is 3.18. The number of hydrogen-bond donors (Lipinski definition) is 1. The number of hydrogen-bond acceptors (Lipinski definition) is 6. The van der Waals surface area contributed by atoms with E-state index in [2.05, 4.69) is 17.2 Å². The Kier molecular flexibility index (Phi) is 4.07. The Balaban J connectivity index is 2.24. The van der Waals surface area contributed by atoms with Crippen LogP contribution in [0.15, 0.2) is 11.6 Å². The number of aromatic nitrogens is 2. The first kappa shape index (κ1) is 13.2. The van der Waals surface area contributed by atoms with Crippen LogP contribution in [0.3, 0.4) is 0 Å². The molecule has 0 aliphatic carbocycles. The van der Waals surface area contributed by atoms with Crippen molar-refractivity contribution in [2.75, 3.05) is 16.8 Å². The zero-order valence-corrected chi connectivity index (χ0v) is 11.8. The van der Waals surface area contributed by atoms with Gasteiger partial charge >= 0.3 is 5.82 Å². The largest absolute Gasteiger partial charge is 0.372 e. The van der Waals surface area contributed by atoms with Gasteiger partial charge in [-0.2, -0.15) is 21.1 Å². The summed E-state index contributed by atoms with van der Waals surface area (Å²) in [5, 5.41) is 16.0. The number of anilines is 1. The normalized spacial score (nSPS) is 12.8. The molecule has 0 bridgehead atoms. The lowest BCUT2D eigenvalue weighted by atomic mass is 10.4. The molecule has 0 amide bonds. The van der Waals surface area contributed by atoms with E-state index in [1.807, 2.05) is 6.92 Å². The van der Waals surface area contributed by atoms with E-state index in [0.29, 0.717) is 10.8 Å². The Bertz CT molecular complexity index is 551. The second-order valence-electron chi connectivity index (χ2n) is 3.80. The van der Waals surface area contributed by atoms with E-state index in [1.54, 1.807) is 23.3 Å². The Morgan fingerprint density at radius 3 is 3.17 bits per heavy atom. The second-order valence-corrected chi connectivity index (χ2v) is 5.99. The molecule has 0 aromatic carbocycles. The van der Waals surface area contributed by atoms with E-state index in [0.717, 1.165) is 11.5 Å². The van der Waals surface area contributed by atoms with Crippen molar-refractivity contribution in [3.05, 3.63) is 21.7 Å². The molecule has 2 heterocycles. The van der Waals surface area contributed by atoms with Gasteiger partial charge in [0.2, 0.25) is 5.82 Å². The van der Waals surface area contributed by atoms with Crippen molar-refractivity contribution in [3.63, 3.8) is 0 Å². The Morgan fingerprint density at radius 1 is 1.72 bits per heavy atom. The highest BCUT2D eigenvalue weighted by Crippen LogP contribution is 2.28. The predicted molar refractivity (Wildman–Crippen MR) is 75.8 cm³/mol. The molecule has 0 spiro atoms. The molecule has 2 rings (SSSR count). The zero-order valence-electron chi connectivity index (χ0n) is 10.1. The maximum Gasteiger partial charge on any atom is 0.372 e. The van der Waals surface area contributed by atoms with Crippen LogP contribution < -0.4 is 5.32 Å². The lowest BCUT2D eigenvalue weighted by molar-refractivity contribution is -0.389. The van der Waals surface area contributed by atoms with Crippen molar-refractivity contribution in [1.29, 1.82) is 0 Å². The lowest BCUT2D eigenvalue weighted by Gasteiger charge is -2.11. The van der Waals surface area contributed by atoms with E-state index in [1.165, 1.54) is 15.7 Å². The SMILES string of the molecule is CCSCC(C)Nc1nc2sccn2c1[N+](=O)[O-]. The van der Waals surface area contributed by atoms with Gasteiger partial charge < -0.3 is 15.4 Å². The lowest BCUT2D eigenvalue weighted by Crippen LogP contribution is -2.19. The molecule has 1 atom stereocenters. The first-order chi connectivity index (χ1) is 8.63. The molecular formula is C10H14N4O2S2. The summed E-state index contributed by atoms with van der Waals surface area (Å²) < 4.78 is 1.51. The molecule has 0 aliphatic heterocycles. The van der Waals surface area contributed by atoms with Crippen molar-refractivity contribution in [2.24, 2.45) is 0 Å². The highest BCUT2D eigenvalue weighted by Gasteiger charge is 2.24. The summed E-state index contributed by atoms with van der Waals surface area (Å²) in [7, 11) is 0. The average Bonchev–Trinajstić information content (AvgIpc) is 2.85. The molecule has 2 aromatic heterocycles. The number of rotatable bonds is 6. The van der Waals surface area contributed by atoms with Crippen LogP contribution in [-0.4, -0.2) is 31.9 Å². The van der Waals surface area contributed by atoms with Crippen molar-refractivity contribution < 1.29 is 4.92 Å². The summed E-state index contributed by atoms with van der Waals surface area (Å²) in [6.45, 7) is 4.09. The quantitative estimate of drug-likeness (QED) is 0.653. The smallest absolute Gasteiger partial charge is 0.360 e. The van der Waals surface area contributed by atoms with Crippen LogP contribution in [0.2, 0.25) is 0 Å². The van der Waals surface area contributed by atoms with E-state index >= 15 is 0 Å². The minimum absolute atomic E-state index is 0.0135. The molecule has 2 aromatic rings. The van der Waals surface area contributed by atoms with Gasteiger partial charge in [0.25, 0.3) is 4.96 Å². The molecule has 0 saturated heterocycles. The predicted octanol–water partition coefficient (Wildman–Crippen LogP) is 2.86. The highest BCUT2D eigenvalue weighted by atomic mass is 32.2. The van der Waals surface area contributed by atoms with Crippen LogP contribution in [0.1, 0.15) is 13.8 Å². The summed E-state index contributed by atoms with van der Waals surface area (Å²) in [5.74, 6) is 2.31. The Labute approximate surface area is 113 Å². The van der Waals surface area contributed by atoms with E-state index in [-0.39, 0.29) is 11.9 Å². The molecular weight excluding hydrogens is 272 g/mol. The second kappa shape index (κ2) is 5.57. The third-order valence-corrected chi connectivity index (χ3v) is 4.27. The number of nitro groups is 1. The molecule has 6 nitrogen and oxygen atoms in total. The monoisotopic (exact) mass is 286 g/mol. The van der Waals surface area contributed by atoms with Gasteiger partial charge in [-0.3, -0.25) is 0 Å². The summed E-state index contributed by atoms with van der Waals surface area (Å²) in [4.78, 5) is 15.6. The molecule has 8 heteroatoms. The fraction of sp³-hybridized carbons (Fsp3) is 0.500. The van der Waals surface area contributed by atoms with E-state index in [4.69, 9.17) is 0 Å². The van der Waals surface area contributed by atoms with Crippen LogP contribution in [0.4, 0.5) is 11.6 Å². The molecule has 0 saturated carbocycles. The van der Waals surface area contributed by atoms with Crippen molar-refractivity contribution in [3.8, 4) is 0 Å². The molecule has 1 unspecified atom stereocenters. The van der Waals surface area contributed by atoms with Crippen LogP contribution in [0.25, 0.3) is 4.96 Å². The van der Waals surface area contributed by atoms with Crippen LogP contribution in [-0.2, 0) is 0 Å². The number of imidazole rings is 1. The van der Waals surface area contributed by atoms with Gasteiger partial charge in [0.1, 0.15) is 6.20 Å². The van der Waals surface area contributed by atoms with Crippen molar-refractivity contribution >= 4 is 39.7 Å². The Hall–Kier alpha value is -1.28. The molecule has 18 heavy (non-hydrogen) atoms. The number of nitrogens with one attached hydrogen (secondary N) is 1. The minimum atomic E-state index is -0.394. The summed E-state index contributed by atoms with van der Waals surface area (Å²) in [6.07, 6.45) is 1.67. The Morgan fingerprint density at radius 2 is 2.50 bits per heavy atom. The van der Waals surface area contributed by atoms with Gasteiger partial charge in [-0.25, -0.2) is 0 Å². The van der Waals surface area contributed by atoms with Crippen molar-refractivity contribution in [2.45, 2.75) is 19.9 Å². The van der Waals surface area contributed by atoms with Gasteiger partial charge in [-0.1, -0.05) is 18.3 Å². The fourth-order valence-electron chi connectivity index (χ4n) is 1.61. The third-order valence-electron chi connectivity index (χ3n) is 2.36. The standard InChI is InChI=1S/C10H14N4O2S2/c1-3-17-6-7(2)11-8-9(14(15)16)13-4-5-18-10(13)12-8/h4-5,7,11H,3,6H2,1-2H3. The molecule has 0 radical (unpaired) electrons. The zero-order chi connectivity index (χ0) is 13.1. The van der Waals surface area contributed by atoms with Gasteiger partial charge in [-0.15, -0.1) is 0 Å². The number of thioether (sulfide) groups is 1. The van der Waals surface area contributed by atoms with Crippen molar-refractivity contribution in [1.82, 2.24) is 9.38 Å². The molecule has 0 aliphatic rings. The minimum Gasteiger partial charge on any atom is -0.360 e. The van der Waals surface area contributed by atoms with Gasteiger partial charge in [0.15, 0.2) is 0 Å². The average molecular weight is 286 g/mol. The fourth-order valence-corrected chi connectivity index (χ4v) is 3.00. The van der Waals surface area contributed by atoms with Gasteiger partial charge in [0, 0.05) is 17.2 Å². The number of nitrogens with zero attached hydrogens (tertiary/aromatic N) is 3. The first-order valence-corrected chi connectivity index (χ1v) is 7.61. The highest BCUT2D eigenvalue weighted by molar-refractivity contribution is 7.99. The van der Waals surface area contributed by atoms with Crippen LogP contribution >= 0.6 is 23.1 Å². The maximum atomic E-state index is 11.1. The van der Waals surface area contributed by atoms with E-state index in [9.17, 15) is 10.1 Å². The first-order valence-electron chi connectivity index (χ1n) is 5.57. The molecule has 98 valence electrons. The number of fused-ring (bicyclic) bond motifs is 1. The summed E-state index contributed by atoms with van der Waals surface area (Å²) in [6, 6.07) is 0.151. The third kappa shape index (κ3) is 2.59. The van der Waals surface area contributed by atoms with Crippen LogP contribution in [0.5, 0.6) is 0 Å². The molecule has 1 N–H and O–H groups in total. The van der Waals surface area contributed by atoms with E-state index < -0.39 is 4.92 Å². The number of thiazole rings is 1. The van der Waals surface area contributed by atoms with Crippen LogP contribution in [0, 0.1) is 10.1 Å². The topological polar surface area (TPSA) is 72.5 Å². The van der Waals surface area contributed by atoms with Gasteiger partial charge in [0.05, 0.1) is 0 Å². The van der Waals surface area contributed by atoms with Gasteiger partial charge in [-0.05, 0) is 17.6 Å².